The van der Waals surface area contributed by atoms with E-state index in [-0.39, 0.29) is 12.3 Å². The molecule has 134 valence electrons. The lowest BCUT2D eigenvalue weighted by atomic mass is 9.86. The van der Waals surface area contributed by atoms with Gasteiger partial charge in [-0.05, 0) is 32.8 Å². The summed E-state index contributed by atoms with van der Waals surface area (Å²) in [5, 5.41) is 14.9. The summed E-state index contributed by atoms with van der Waals surface area (Å²) < 4.78 is 7.27. The summed E-state index contributed by atoms with van der Waals surface area (Å²) in [6, 6.07) is 1.82. The van der Waals surface area contributed by atoms with Crippen LogP contribution in [-0.2, 0) is 9.53 Å². The van der Waals surface area contributed by atoms with Crippen LogP contribution in [0.5, 0.6) is 0 Å². The van der Waals surface area contributed by atoms with E-state index < -0.39 is 11.5 Å². The van der Waals surface area contributed by atoms with E-state index >= 15 is 0 Å². The van der Waals surface area contributed by atoms with Crippen molar-refractivity contribution < 1.29 is 19.4 Å². The van der Waals surface area contributed by atoms with E-state index in [1.807, 2.05) is 29.9 Å². The van der Waals surface area contributed by atoms with E-state index in [4.69, 9.17) is 4.74 Å². The molecule has 2 N–H and O–H groups in total. The maximum absolute atomic E-state index is 12.9. The molecule has 0 saturated carbocycles. The Hall–Kier alpha value is -2.19. The van der Waals surface area contributed by atoms with E-state index in [0.717, 1.165) is 16.5 Å². The first kappa shape index (κ1) is 17.6. The number of carboxylic acids is 1. The number of aliphatic carboxylic acids is 1. The second-order valence-corrected chi connectivity index (χ2v) is 7.23. The molecular formula is C17H21N3O4S. The summed E-state index contributed by atoms with van der Waals surface area (Å²) in [4.78, 5) is 28.5. The van der Waals surface area contributed by atoms with Gasteiger partial charge in [-0.15, -0.1) is 11.3 Å². The maximum atomic E-state index is 12.9. The average molecular weight is 363 g/mol. The van der Waals surface area contributed by atoms with Gasteiger partial charge < -0.3 is 15.2 Å². The first-order valence-electron chi connectivity index (χ1n) is 8.13. The Balaban J connectivity index is 1.88. The zero-order valence-corrected chi connectivity index (χ0v) is 15.1. The van der Waals surface area contributed by atoms with E-state index in [9.17, 15) is 14.7 Å². The Morgan fingerprint density at radius 2 is 2.12 bits per heavy atom. The normalized spacial score (nSPS) is 16.6. The van der Waals surface area contributed by atoms with E-state index in [0.29, 0.717) is 31.6 Å². The number of thiazole rings is 1. The van der Waals surface area contributed by atoms with Crippen LogP contribution in [0.2, 0.25) is 0 Å². The number of aryl methyl sites for hydroxylation is 1. The van der Waals surface area contributed by atoms with Crippen molar-refractivity contribution in [2.75, 3.05) is 13.2 Å². The fourth-order valence-corrected chi connectivity index (χ4v) is 4.07. The molecule has 0 aromatic carbocycles. The van der Waals surface area contributed by atoms with Gasteiger partial charge in [-0.25, -0.2) is 4.98 Å². The number of hydrogen-bond acceptors (Lipinski definition) is 5. The lowest BCUT2D eigenvalue weighted by molar-refractivity contribution is -0.139. The Morgan fingerprint density at radius 3 is 2.72 bits per heavy atom. The molecule has 3 heterocycles. The highest BCUT2D eigenvalue weighted by atomic mass is 32.1. The number of carbonyl (C=O) groups is 2. The lowest BCUT2D eigenvalue weighted by Crippen LogP contribution is -2.53. The Morgan fingerprint density at radius 1 is 1.40 bits per heavy atom. The van der Waals surface area contributed by atoms with Crippen LogP contribution in [0.25, 0.3) is 5.13 Å². The van der Waals surface area contributed by atoms with Crippen molar-refractivity contribution in [1.82, 2.24) is 14.9 Å². The van der Waals surface area contributed by atoms with E-state index in [1.165, 1.54) is 11.3 Å². The zero-order valence-electron chi connectivity index (χ0n) is 14.2. The number of ether oxygens (including phenoxy) is 1. The van der Waals surface area contributed by atoms with Crippen LogP contribution in [-0.4, -0.2) is 45.3 Å². The van der Waals surface area contributed by atoms with Gasteiger partial charge in [-0.3, -0.25) is 14.2 Å². The highest BCUT2D eigenvalue weighted by molar-refractivity contribution is 7.12. The molecule has 1 aliphatic rings. The molecule has 8 heteroatoms. The molecule has 2 aromatic rings. The fourth-order valence-electron chi connectivity index (χ4n) is 3.32. The van der Waals surface area contributed by atoms with Crippen molar-refractivity contribution >= 4 is 23.2 Å². The topological polar surface area (TPSA) is 93.5 Å². The van der Waals surface area contributed by atoms with Gasteiger partial charge in [0.25, 0.3) is 5.91 Å². The minimum atomic E-state index is -0.921. The van der Waals surface area contributed by atoms with E-state index in [2.05, 4.69) is 10.3 Å². The molecule has 0 aliphatic carbocycles. The smallest absolute Gasteiger partial charge is 0.305 e. The zero-order chi connectivity index (χ0) is 18.0. The van der Waals surface area contributed by atoms with Gasteiger partial charge in [0.2, 0.25) is 0 Å². The van der Waals surface area contributed by atoms with Crippen molar-refractivity contribution in [3.8, 4) is 5.13 Å². The van der Waals surface area contributed by atoms with Crippen LogP contribution in [0.4, 0.5) is 0 Å². The number of nitrogens with one attached hydrogen (secondary N) is 1. The highest BCUT2D eigenvalue weighted by Crippen LogP contribution is 2.27. The molecule has 1 fully saturated rings. The predicted octanol–water partition coefficient (Wildman–Crippen LogP) is 2.30. The third kappa shape index (κ3) is 3.59. The Labute approximate surface area is 149 Å². The quantitative estimate of drug-likeness (QED) is 0.850. The maximum Gasteiger partial charge on any atom is 0.305 e. The first-order valence-corrected chi connectivity index (χ1v) is 9.01. The van der Waals surface area contributed by atoms with Gasteiger partial charge in [0.1, 0.15) is 0 Å². The van der Waals surface area contributed by atoms with Gasteiger partial charge in [0.15, 0.2) is 5.13 Å². The second-order valence-electron chi connectivity index (χ2n) is 6.35. The molecule has 0 spiro atoms. The summed E-state index contributed by atoms with van der Waals surface area (Å²) >= 11 is 1.50. The summed E-state index contributed by atoms with van der Waals surface area (Å²) in [5.41, 5.74) is 1.49. The average Bonchev–Trinajstić information content (AvgIpc) is 3.15. The molecular weight excluding hydrogens is 342 g/mol. The number of hydrogen-bond donors (Lipinski definition) is 2. The summed E-state index contributed by atoms with van der Waals surface area (Å²) in [6.45, 7) is 4.70. The summed E-state index contributed by atoms with van der Waals surface area (Å²) in [7, 11) is 0. The lowest BCUT2D eigenvalue weighted by Gasteiger charge is -2.36. The molecule has 2 aromatic heterocycles. The Bertz CT molecular complexity index is 776. The summed E-state index contributed by atoms with van der Waals surface area (Å²) in [5.74, 6) is -1.17. The predicted molar refractivity (Wildman–Crippen MR) is 93.4 cm³/mol. The Kier molecular flexibility index (Phi) is 4.91. The largest absolute Gasteiger partial charge is 0.481 e. The van der Waals surface area contributed by atoms with Crippen LogP contribution < -0.4 is 5.32 Å². The molecule has 1 saturated heterocycles. The number of carbonyl (C=O) groups excluding carboxylic acids is 1. The van der Waals surface area contributed by atoms with Gasteiger partial charge >= 0.3 is 5.97 Å². The number of carboxylic acid groups (broad SMARTS) is 1. The first-order chi connectivity index (χ1) is 11.9. The van der Waals surface area contributed by atoms with E-state index in [1.54, 1.807) is 6.20 Å². The van der Waals surface area contributed by atoms with Crippen LogP contribution in [0.15, 0.2) is 17.6 Å². The van der Waals surface area contributed by atoms with Gasteiger partial charge in [-0.1, -0.05) is 0 Å². The van der Waals surface area contributed by atoms with Crippen molar-refractivity contribution in [2.24, 2.45) is 0 Å². The molecule has 0 unspecified atom stereocenters. The number of nitrogens with zero attached hydrogens (tertiary/aromatic N) is 2. The highest BCUT2D eigenvalue weighted by Gasteiger charge is 2.37. The second kappa shape index (κ2) is 6.97. The van der Waals surface area contributed by atoms with Crippen LogP contribution >= 0.6 is 11.3 Å². The molecule has 25 heavy (non-hydrogen) atoms. The van der Waals surface area contributed by atoms with Crippen molar-refractivity contribution in [2.45, 2.75) is 38.6 Å². The molecule has 0 atom stereocenters. The molecule has 1 amide bonds. The number of rotatable bonds is 5. The van der Waals surface area contributed by atoms with Crippen LogP contribution in [0.1, 0.15) is 41.0 Å². The van der Waals surface area contributed by atoms with Crippen LogP contribution in [0, 0.1) is 13.8 Å². The van der Waals surface area contributed by atoms with Gasteiger partial charge in [0, 0.05) is 36.2 Å². The monoisotopic (exact) mass is 363 g/mol. The molecule has 0 bridgehead atoms. The number of amides is 1. The third-order valence-corrected chi connectivity index (χ3v) is 5.36. The van der Waals surface area contributed by atoms with Crippen LogP contribution in [0.3, 0.4) is 0 Å². The molecule has 1 aliphatic heterocycles. The van der Waals surface area contributed by atoms with Crippen molar-refractivity contribution in [3.63, 3.8) is 0 Å². The molecule has 7 nitrogen and oxygen atoms in total. The summed E-state index contributed by atoms with van der Waals surface area (Å²) in [6.07, 6.45) is 2.61. The van der Waals surface area contributed by atoms with Crippen molar-refractivity contribution in [3.05, 3.63) is 34.6 Å². The van der Waals surface area contributed by atoms with Crippen molar-refractivity contribution in [1.29, 1.82) is 0 Å². The minimum Gasteiger partial charge on any atom is -0.481 e. The molecule has 0 radical (unpaired) electrons. The third-order valence-electron chi connectivity index (χ3n) is 4.60. The standard InChI is InChI=1S/C17H21N3O4S/c1-11-9-13(12(2)20(11)16-18-5-8-25-16)15(23)19-17(10-14(21)22)3-6-24-7-4-17/h5,8-9H,3-4,6-7,10H2,1-2H3,(H,19,23)(H,21,22). The van der Waals surface area contributed by atoms with Gasteiger partial charge in [0.05, 0.1) is 17.5 Å². The van der Waals surface area contributed by atoms with Gasteiger partial charge in [-0.2, -0.15) is 0 Å². The minimum absolute atomic E-state index is 0.104. The SMILES string of the molecule is Cc1cc(C(=O)NC2(CC(=O)O)CCOCC2)c(C)n1-c1nccs1. The molecule has 3 rings (SSSR count). The number of aromatic nitrogens is 2. The fraction of sp³-hybridized carbons (Fsp3) is 0.471.